The molecule has 10 nitrogen and oxygen atoms in total. The summed E-state index contributed by atoms with van der Waals surface area (Å²) in [5, 5.41) is 24.2. The first-order valence-electron chi connectivity index (χ1n) is 24.7. The van der Waals surface area contributed by atoms with Gasteiger partial charge in [0.15, 0.2) is 0 Å². The molecule has 5 heterocycles. The molecule has 3 aromatic heterocycles. The third kappa shape index (κ3) is 11.1. The molecular formula is C55H78N4O6. The maximum absolute atomic E-state index is 13.7. The van der Waals surface area contributed by atoms with Crippen LogP contribution < -0.4 is 10.4 Å². The molecule has 8 bridgehead atoms. The average molecular weight is 891 g/mol. The van der Waals surface area contributed by atoms with Crippen LogP contribution in [-0.2, 0) is 19.1 Å². The lowest BCUT2D eigenvalue weighted by molar-refractivity contribution is -0.143. The van der Waals surface area contributed by atoms with Crippen LogP contribution in [0.3, 0.4) is 0 Å². The van der Waals surface area contributed by atoms with Crippen LogP contribution in [0.2, 0.25) is 0 Å². The topological polar surface area (TPSA) is 150 Å². The zero-order chi connectivity index (χ0) is 47.3. The molecule has 0 spiro atoms. The Morgan fingerprint density at radius 2 is 1.40 bits per heavy atom. The molecule has 0 aromatic carbocycles. The number of carbonyl (C=O) groups is 2. The van der Waals surface area contributed by atoms with Crippen molar-refractivity contribution in [3.8, 4) is 0 Å². The minimum Gasteiger partial charge on any atom is -0.512 e. The van der Waals surface area contributed by atoms with Crippen molar-refractivity contribution < 1.29 is 29.3 Å². The maximum Gasteiger partial charge on any atom is 0.321 e. The van der Waals surface area contributed by atoms with E-state index in [9.17, 15) is 19.8 Å². The second-order valence-electron chi connectivity index (χ2n) is 20.4. The highest BCUT2D eigenvalue weighted by Gasteiger charge is 2.42. The molecule has 0 saturated heterocycles. The van der Waals surface area contributed by atoms with E-state index in [1.54, 1.807) is 6.92 Å². The number of rotatable bonds is 19. The van der Waals surface area contributed by atoms with E-state index >= 15 is 0 Å². The number of fused-ring (bicyclic) bond motifs is 8. The lowest BCUT2D eigenvalue weighted by atomic mass is 9.84. The van der Waals surface area contributed by atoms with Gasteiger partial charge in [-0.1, -0.05) is 99.0 Å². The van der Waals surface area contributed by atoms with E-state index in [1.165, 1.54) is 57.6 Å². The second kappa shape index (κ2) is 21.6. The number of aliphatic hydroxyl groups excluding tert-OH is 2. The number of carbonyl (C=O) groups excluding carboxylic acids is 2. The number of nitrogens with one attached hydrogen (secondary N) is 2. The van der Waals surface area contributed by atoms with Gasteiger partial charge < -0.3 is 29.7 Å². The van der Waals surface area contributed by atoms with Crippen LogP contribution in [0.4, 0.5) is 0 Å². The number of aromatic amines is 2. The number of aryl methyl sites for hydroxylation is 2. The first-order valence-corrected chi connectivity index (χ1v) is 24.7. The first kappa shape index (κ1) is 49.6. The van der Waals surface area contributed by atoms with Crippen molar-refractivity contribution in [1.82, 2.24) is 19.9 Å². The van der Waals surface area contributed by atoms with E-state index in [4.69, 9.17) is 19.4 Å². The number of methoxy groups -OCH3 is 1. The van der Waals surface area contributed by atoms with Gasteiger partial charge in [0.1, 0.15) is 18.3 Å². The molecule has 0 unspecified atom stereocenters. The summed E-state index contributed by atoms with van der Waals surface area (Å²) in [5.41, 5.74) is 9.71. The van der Waals surface area contributed by atoms with Gasteiger partial charge in [-0.2, -0.15) is 0 Å². The maximum atomic E-state index is 13.7. The van der Waals surface area contributed by atoms with Gasteiger partial charge in [-0.05, 0) is 107 Å². The van der Waals surface area contributed by atoms with Crippen molar-refractivity contribution in [1.29, 1.82) is 0 Å². The summed E-state index contributed by atoms with van der Waals surface area (Å²) >= 11 is 0. The van der Waals surface area contributed by atoms with E-state index in [2.05, 4.69) is 77.5 Å². The first-order chi connectivity index (χ1) is 30.9. The Morgan fingerprint density at radius 1 is 0.800 bits per heavy atom. The van der Waals surface area contributed by atoms with Gasteiger partial charge in [0.25, 0.3) is 0 Å². The molecule has 7 atom stereocenters. The summed E-state index contributed by atoms with van der Waals surface area (Å²) in [6, 6.07) is 6.12. The fourth-order valence-electron chi connectivity index (χ4n) is 10.8. The fourth-order valence-corrected chi connectivity index (χ4v) is 10.8. The monoisotopic (exact) mass is 891 g/mol. The smallest absolute Gasteiger partial charge is 0.321 e. The highest BCUT2D eigenvalue weighted by atomic mass is 16.5. The van der Waals surface area contributed by atoms with Gasteiger partial charge in [-0.25, -0.2) is 0 Å². The molecule has 0 radical (unpaired) electrons. The number of aliphatic hydroxyl groups is 2. The van der Waals surface area contributed by atoms with Crippen LogP contribution in [-0.4, -0.2) is 55.8 Å². The number of allylic oxidation sites excluding steroid dienone is 1. The normalized spacial score (nSPS) is 20.9. The molecule has 6 rings (SSSR count). The lowest BCUT2D eigenvalue weighted by Crippen LogP contribution is -2.18. The van der Waals surface area contributed by atoms with Crippen molar-refractivity contribution >= 4 is 45.5 Å². The Balaban J connectivity index is 1.25. The van der Waals surface area contributed by atoms with Crippen LogP contribution in [0, 0.1) is 31.6 Å². The molecule has 4 N–H and O–H groups in total. The van der Waals surface area contributed by atoms with Gasteiger partial charge in [0.05, 0.1) is 29.6 Å². The molecular weight excluding hydrogens is 813 g/mol. The Bertz CT molecular complexity index is 2540. The number of esters is 2. The van der Waals surface area contributed by atoms with Crippen LogP contribution in [0.15, 0.2) is 29.8 Å². The molecule has 65 heavy (non-hydrogen) atoms. The van der Waals surface area contributed by atoms with Crippen LogP contribution in [0.5, 0.6) is 0 Å². The average Bonchev–Trinajstić information content (AvgIpc) is 4.00. The highest BCUT2D eigenvalue weighted by molar-refractivity contribution is 5.96. The molecule has 3 aliphatic rings. The summed E-state index contributed by atoms with van der Waals surface area (Å²) in [6.07, 6.45) is 14.8. The van der Waals surface area contributed by atoms with E-state index in [1.807, 2.05) is 26.0 Å². The summed E-state index contributed by atoms with van der Waals surface area (Å²) in [6.45, 7) is 23.8. The number of hydrogen-bond acceptors (Lipinski definition) is 8. The molecule has 354 valence electrons. The summed E-state index contributed by atoms with van der Waals surface area (Å²) < 4.78 is 11.1. The molecule has 3 aromatic rings. The largest absolute Gasteiger partial charge is 0.512 e. The Kier molecular flexibility index (Phi) is 16.5. The Labute approximate surface area is 387 Å². The lowest BCUT2D eigenvalue weighted by Gasteiger charge is -2.19. The quantitative estimate of drug-likeness (QED) is 0.0686. The minimum atomic E-state index is -1.09. The van der Waals surface area contributed by atoms with E-state index < -0.39 is 11.9 Å². The predicted octanol–water partition coefficient (Wildman–Crippen LogP) is 12.4. The summed E-state index contributed by atoms with van der Waals surface area (Å²) in [5.74, 6) is 0.302. The number of ether oxygens (including phenoxy) is 2. The highest BCUT2D eigenvalue weighted by Crippen LogP contribution is 2.46. The van der Waals surface area contributed by atoms with Crippen molar-refractivity contribution in [3.63, 3.8) is 0 Å². The van der Waals surface area contributed by atoms with Gasteiger partial charge in [-0.3, -0.25) is 19.6 Å². The summed E-state index contributed by atoms with van der Waals surface area (Å²) in [7, 11) is 1.33. The zero-order valence-electron chi connectivity index (χ0n) is 41.5. The number of H-pyrrole nitrogens is 2. The van der Waals surface area contributed by atoms with Gasteiger partial charge in [0, 0.05) is 74.2 Å². The Morgan fingerprint density at radius 3 is 2.05 bits per heavy atom. The molecule has 0 fully saturated rings. The predicted molar refractivity (Wildman–Crippen MR) is 264 cm³/mol. The minimum absolute atomic E-state index is 0.0748. The number of aromatic nitrogens is 4. The SMILES string of the molecule is CC[C@H]1c2cc3[nH]c4c(c5nc(cc6[nH]c(cc(n2)[C@@H]1C)/c(=C(\C)O)c6C)[C@@H](C)[C@@H]5CCC(=O)OC/C=C(\C)CCC[C@H](C)CCC[C@@H](C)CCCC(C)C)[C@@H](C(=O)OC)C(O)=c4c3C. The van der Waals surface area contributed by atoms with Crippen LogP contribution in [0.1, 0.15) is 208 Å². The summed E-state index contributed by atoms with van der Waals surface area (Å²) in [4.78, 5) is 44.8. The van der Waals surface area contributed by atoms with Crippen molar-refractivity contribution in [2.45, 2.75) is 183 Å². The molecule has 0 amide bonds. The van der Waals surface area contributed by atoms with E-state index in [0.717, 1.165) is 81.1 Å². The molecule has 1 aliphatic carbocycles. The van der Waals surface area contributed by atoms with Crippen LogP contribution in [0.25, 0.3) is 33.6 Å². The number of nitrogens with zero attached hydrogens (tertiary/aromatic N) is 2. The van der Waals surface area contributed by atoms with Crippen molar-refractivity contribution in [2.75, 3.05) is 13.7 Å². The fraction of sp³-hybridized carbons (Fsp3) is 0.600. The third-order valence-corrected chi connectivity index (χ3v) is 14.9. The van der Waals surface area contributed by atoms with Gasteiger partial charge >= 0.3 is 11.9 Å². The van der Waals surface area contributed by atoms with E-state index in [0.29, 0.717) is 34.3 Å². The molecule has 2 aliphatic heterocycles. The van der Waals surface area contributed by atoms with Crippen molar-refractivity contribution in [2.24, 2.45) is 17.8 Å². The number of hydrogen-bond donors (Lipinski definition) is 4. The van der Waals surface area contributed by atoms with Crippen molar-refractivity contribution in [3.05, 3.63) is 79.8 Å². The van der Waals surface area contributed by atoms with Gasteiger partial charge in [0.2, 0.25) is 0 Å². The third-order valence-electron chi connectivity index (χ3n) is 14.9. The standard InChI is InChI=1S/C55H78N4O6/c1-13-39-34(7)41-29-46-48(38(11)60)36(9)43(57-46)27-42-35(8)40(52(58-42)50-51(55(63)64-12)54(62)49-37(10)44(59-53(49)50)28-45(39)56-41)23-24-47(61)65-26-25-33(6)22-16-21-32(5)20-15-19-31(4)18-14-17-30(2)3/h25,27-32,34-35,39-40,51,57,59-60,62H,13-24,26H2,1-12H3/b33-25+,42-27?,45-28?,46-29?,48-38+/t31-,32+,34+,35-,39+,40-,51+/m0/s1. The van der Waals surface area contributed by atoms with Crippen LogP contribution >= 0.6 is 0 Å². The van der Waals surface area contributed by atoms with E-state index in [-0.39, 0.29) is 54.2 Å². The second-order valence-corrected chi connectivity index (χ2v) is 20.4. The zero-order valence-corrected chi connectivity index (χ0v) is 41.5. The Hall–Kier alpha value is -4.86. The molecule has 0 saturated carbocycles. The van der Waals surface area contributed by atoms with Gasteiger partial charge in [-0.15, -0.1) is 0 Å². The molecule has 10 heteroatoms.